The molecule has 1 aliphatic carbocycles. The van der Waals surface area contributed by atoms with Crippen molar-refractivity contribution in [1.29, 1.82) is 0 Å². The molecule has 0 spiro atoms. The minimum Gasteiger partial charge on any atom is -0.394 e. The van der Waals surface area contributed by atoms with Gasteiger partial charge in [-0.3, -0.25) is 4.79 Å². The fourth-order valence-electron chi connectivity index (χ4n) is 2.97. The molecule has 104 valence electrons. The van der Waals surface area contributed by atoms with Crippen molar-refractivity contribution in [3.63, 3.8) is 0 Å². The van der Waals surface area contributed by atoms with Gasteiger partial charge in [0, 0.05) is 19.1 Å². The molecule has 1 aliphatic heterocycles. The van der Waals surface area contributed by atoms with E-state index in [1.54, 1.807) is 0 Å². The van der Waals surface area contributed by atoms with Crippen molar-refractivity contribution in [2.24, 2.45) is 11.8 Å². The van der Waals surface area contributed by atoms with Crippen LogP contribution in [0, 0.1) is 11.8 Å². The maximum absolute atomic E-state index is 12.3. The Morgan fingerprint density at radius 2 is 1.89 bits per heavy atom. The fraction of sp³-hybridized carbons (Fsp3) is 0.929. The second kappa shape index (κ2) is 6.02. The van der Waals surface area contributed by atoms with Gasteiger partial charge in [0.1, 0.15) is 0 Å². The number of aliphatic hydroxyl groups excluding tert-OH is 1. The highest BCUT2D eigenvalue weighted by molar-refractivity contribution is 5.79. The van der Waals surface area contributed by atoms with Crippen LogP contribution in [0.2, 0.25) is 0 Å². The molecule has 1 heterocycles. The van der Waals surface area contributed by atoms with E-state index in [2.05, 4.69) is 12.2 Å². The Kier molecular flexibility index (Phi) is 4.62. The van der Waals surface area contributed by atoms with E-state index in [-0.39, 0.29) is 18.4 Å². The van der Waals surface area contributed by atoms with Crippen LogP contribution in [0.15, 0.2) is 0 Å². The average molecular weight is 255 g/mol. The van der Waals surface area contributed by atoms with Crippen LogP contribution in [-0.4, -0.2) is 36.4 Å². The molecule has 1 amide bonds. The molecule has 4 nitrogen and oxygen atoms in total. The van der Waals surface area contributed by atoms with E-state index in [0.717, 1.165) is 44.4 Å². The second-order valence-electron chi connectivity index (χ2n) is 6.00. The lowest BCUT2D eigenvalue weighted by molar-refractivity contribution is -0.130. The van der Waals surface area contributed by atoms with Crippen molar-refractivity contribution in [1.82, 2.24) is 5.32 Å². The van der Waals surface area contributed by atoms with E-state index < -0.39 is 5.54 Å². The zero-order valence-corrected chi connectivity index (χ0v) is 11.3. The molecule has 2 aliphatic rings. The normalized spacial score (nSPS) is 31.9. The Morgan fingerprint density at radius 1 is 1.28 bits per heavy atom. The average Bonchev–Trinajstić information content (AvgIpc) is 2.40. The number of amides is 1. The number of nitrogens with one attached hydrogen (secondary N) is 1. The Bertz CT molecular complexity index is 279. The highest BCUT2D eigenvalue weighted by Crippen LogP contribution is 2.29. The van der Waals surface area contributed by atoms with Crippen LogP contribution in [0.5, 0.6) is 0 Å². The number of hydrogen-bond acceptors (Lipinski definition) is 3. The van der Waals surface area contributed by atoms with Crippen LogP contribution >= 0.6 is 0 Å². The summed E-state index contributed by atoms with van der Waals surface area (Å²) in [7, 11) is 0. The van der Waals surface area contributed by atoms with Crippen LogP contribution in [0.4, 0.5) is 0 Å². The first kappa shape index (κ1) is 13.8. The molecule has 0 aromatic heterocycles. The lowest BCUT2D eigenvalue weighted by Crippen LogP contribution is -2.56. The van der Waals surface area contributed by atoms with Crippen LogP contribution in [-0.2, 0) is 9.53 Å². The molecule has 2 N–H and O–H groups in total. The van der Waals surface area contributed by atoms with Gasteiger partial charge in [0.2, 0.25) is 5.91 Å². The maximum Gasteiger partial charge on any atom is 0.223 e. The lowest BCUT2D eigenvalue weighted by atomic mass is 9.81. The zero-order valence-electron chi connectivity index (χ0n) is 11.3. The summed E-state index contributed by atoms with van der Waals surface area (Å²) in [6, 6.07) is 0. The second-order valence-corrected chi connectivity index (χ2v) is 6.00. The van der Waals surface area contributed by atoms with Gasteiger partial charge in [-0.2, -0.15) is 0 Å². The third-order valence-corrected chi connectivity index (χ3v) is 4.53. The molecule has 18 heavy (non-hydrogen) atoms. The largest absolute Gasteiger partial charge is 0.394 e. The van der Waals surface area contributed by atoms with E-state index >= 15 is 0 Å². The van der Waals surface area contributed by atoms with E-state index in [1.807, 2.05) is 0 Å². The van der Waals surface area contributed by atoms with Crippen LogP contribution < -0.4 is 5.32 Å². The number of rotatable bonds is 3. The lowest BCUT2D eigenvalue weighted by Gasteiger charge is -2.38. The topological polar surface area (TPSA) is 58.6 Å². The molecule has 0 unspecified atom stereocenters. The fourth-order valence-corrected chi connectivity index (χ4v) is 2.97. The first-order valence-electron chi connectivity index (χ1n) is 7.16. The number of aliphatic hydroxyl groups is 1. The van der Waals surface area contributed by atoms with Crippen LogP contribution in [0.25, 0.3) is 0 Å². The molecule has 0 radical (unpaired) electrons. The molecule has 2 rings (SSSR count). The third-order valence-electron chi connectivity index (χ3n) is 4.53. The highest BCUT2D eigenvalue weighted by Gasteiger charge is 2.35. The SMILES string of the molecule is CC1CCC(C(=O)NC2(CO)CCOCC2)CC1. The van der Waals surface area contributed by atoms with Gasteiger partial charge in [-0.1, -0.05) is 6.92 Å². The van der Waals surface area contributed by atoms with E-state index in [9.17, 15) is 9.90 Å². The molecule has 0 atom stereocenters. The molecular weight excluding hydrogens is 230 g/mol. The number of ether oxygens (including phenoxy) is 1. The van der Waals surface area contributed by atoms with Gasteiger partial charge in [-0.25, -0.2) is 0 Å². The first-order valence-corrected chi connectivity index (χ1v) is 7.16. The summed E-state index contributed by atoms with van der Waals surface area (Å²) < 4.78 is 5.31. The smallest absolute Gasteiger partial charge is 0.223 e. The van der Waals surface area contributed by atoms with Crippen molar-refractivity contribution >= 4 is 5.91 Å². The van der Waals surface area contributed by atoms with Gasteiger partial charge in [0.15, 0.2) is 0 Å². The van der Waals surface area contributed by atoms with E-state index in [1.165, 1.54) is 0 Å². The minimum absolute atomic E-state index is 0.0191. The molecule has 1 saturated heterocycles. The molecular formula is C14H25NO3. The van der Waals surface area contributed by atoms with Crippen molar-refractivity contribution in [3.8, 4) is 0 Å². The van der Waals surface area contributed by atoms with Crippen molar-refractivity contribution in [3.05, 3.63) is 0 Å². The molecule has 1 saturated carbocycles. The summed E-state index contributed by atoms with van der Waals surface area (Å²) in [4.78, 5) is 12.3. The van der Waals surface area contributed by atoms with Crippen LogP contribution in [0.1, 0.15) is 45.4 Å². The van der Waals surface area contributed by atoms with E-state index in [0.29, 0.717) is 13.2 Å². The van der Waals surface area contributed by atoms with Crippen molar-refractivity contribution in [2.45, 2.75) is 51.0 Å². The predicted octanol–water partition coefficient (Wildman–Crippen LogP) is 1.47. The highest BCUT2D eigenvalue weighted by atomic mass is 16.5. The molecule has 0 aromatic rings. The summed E-state index contributed by atoms with van der Waals surface area (Å²) in [5, 5.41) is 12.7. The monoisotopic (exact) mass is 255 g/mol. The molecule has 0 aromatic carbocycles. The molecule has 0 bridgehead atoms. The number of carbonyl (C=O) groups is 1. The van der Waals surface area contributed by atoms with E-state index in [4.69, 9.17) is 4.74 Å². The third kappa shape index (κ3) is 3.23. The summed E-state index contributed by atoms with van der Waals surface area (Å²) in [5.41, 5.74) is -0.432. The summed E-state index contributed by atoms with van der Waals surface area (Å²) >= 11 is 0. The van der Waals surface area contributed by atoms with Gasteiger partial charge >= 0.3 is 0 Å². The van der Waals surface area contributed by atoms with Gasteiger partial charge < -0.3 is 15.2 Å². The predicted molar refractivity (Wildman–Crippen MR) is 69.1 cm³/mol. The summed E-state index contributed by atoms with van der Waals surface area (Å²) in [6.07, 6.45) is 5.72. The van der Waals surface area contributed by atoms with Crippen LogP contribution in [0.3, 0.4) is 0 Å². The number of hydrogen-bond donors (Lipinski definition) is 2. The van der Waals surface area contributed by atoms with Gasteiger partial charge in [-0.15, -0.1) is 0 Å². The first-order chi connectivity index (χ1) is 8.65. The number of carbonyl (C=O) groups excluding carboxylic acids is 1. The zero-order chi connectivity index (χ0) is 13.0. The van der Waals surface area contributed by atoms with Crippen molar-refractivity contribution in [2.75, 3.05) is 19.8 Å². The van der Waals surface area contributed by atoms with Gasteiger partial charge in [0.05, 0.1) is 12.1 Å². The Morgan fingerprint density at radius 3 is 2.44 bits per heavy atom. The quantitative estimate of drug-likeness (QED) is 0.803. The Labute approximate surface area is 109 Å². The van der Waals surface area contributed by atoms with Gasteiger partial charge in [0.25, 0.3) is 0 Å². The Hall–Kier alpha value is -0.610. The molecule has 4 heteroatoms. The summed E-state index contributed by atoms with van der Waals surface area (Å²) in [6.45, 7) is 3.53. The van der Waals surface area contributed by atoms with Crippen molar-refractivity contribution < 1.29 is 14.6 Å². The summed E-state index contributed by atoms with van der Waals surface area (Å²) in [5.74, 6) is 1.04. The minimum atomic E-state index is -0.432. The standard InChI is InChI=1S/C14H25NO3/c1-11-2-4-12(5-3-11)13(17)15-14(10-16)6-8-18-9-7-14/h11-12,16H,2-10H2,1H3,(H,15,17). The van der Waals surface area contributed by atoms with Gasteiger partial charge in [-0.05, 0) is 44.4 Å². The Balaban J connectivity index is 1.89. The molecule has 2 fully saturated rings. The maximum atomic E-state index is 12.3.